The van der Waals surface area contributed by atoms with Gasteiger partial charge in [0.1, 0.15) is 0 Å². The van der Waals surface area contributed by atoms with Crippen molar-refractivity contribution in [3.8, 4) is 0 Å². The molecule has 1 aliphatic heterocycles. The van der Waals surface area contributed by atoms with E-state index in [0.29, 0.717) is 0 Å². The van der Waals surface area contributed by atoms with Crippen LogP contribution in [0.3, 0.4) is 0 Å². The molecule has 0 aliphatic carbocycles. The van der Waals surface area contributed by atoms with Gasteiger partial charge in [0.25, 0.3) is 0 Å². The molecule has 1 rings (SSSR count). The Hall–Kier alpha value is 0.680. The van der Waals surface area contributed by atoms with Crippen molar-refractivity contribution in [3.63, 3.8) is 0 Å². The summed E-state index contributed by atoms with van der Waals surface area (Å²) in [6, 6.07) is 0. The van der Waals surface area contributed by atoms with Crippen LogP contribution in [-0.2, 0) is 11.8 Å². The van der Waals surface area contributed by atoms with Crippen LogP contribution in [-0.4, -0.2) is 12.3 Å². The largest absolute Gasteiger partial charge is 0.0849 e. The topological polar surface area (TPSA) is 0 Å². The molecule has 46 valence electrons. The van der Waals surface area contributed by atoms with Gasteiger partial charge in [-0.1, -0.05) is 34.7 Å². The highest BCUT2D eigenvalue weighted by atomic mass is 35.7. The van der Waals surface area contributed by atoms with Gasteiger partial charge in [-0.05, 0) is 6.92 Å². The predicted molar refractivity (Wildman–Crippen MR) is 43.6 cm³/mol. The third-order valence-electron chi connectivity index (χ3n) is 1.20. The van der Waals surface area contributed by atoms with Gasteiger partial charge in [-0.25, -0.2) is 0 Å². The maximum absolute atomic E-state index is 5.94. The molecule has 0 spiro atoms. The lowest BCUT2D eigenvalue weighted by Crippen LogP contribution is -1.74. The van der Waals surface area contributed by atoms with Crippen molar-refractivity contribution in [1.29, 1.82) is 0 Å². The molecule has 0 aromatic rings. The van der Waals surface area contributed by atoms with Crippen molar-refractivity contribution in [2.75, 3.05) is 12.3 Å². The van der Waals surface area contributed by atoms with Crippen molar-refractivity contribution in [2.24, 2.45) is 0 Å². The average molecular weight is 167 g/mol. The Balaban J connectivity index is 2.69. The van der Waals surface area contributed by atoms with Crippen LogP contribution in [0.25, 0.3) is 0 Å². The minimum Gasteiger partial charge on any atom is -0.0849 e. The fourth-order valence-corrected chi connectivity index (χ4v) is 3.99. The first kappa shape index (κ1) is 6.80. The van der Waals surface area contributed by atoms with Gasteiger partial charge in [-0.15, -0.1) is 0 Å². The van der Waals surface area contributed by atoms with E-state index in [4.69, 9.17) is 23.0 Å². The van der Waals surface area contributed by atoms with Crippen LogP contribution in [0.15, 0.2) is 11.6 Å². The molecule has 0 aromatic carbocycles. The van der Waals surface area contributed by atoms with Crippen molar-refractivity contribution < 1.29 is 0 Å². The summed E-state index contributed by atoms with van der Waals surface area (Å²) in [6.45, 7) is 2.09. The zero-order valence-electron chi connectivity index (χ0n) is 4.72. The zero-order valence-corrected chi connectivity index (χ0v) is 7.19. The van der Waals surface area contributed by atoms with Crippen molar-refractivity contribution in [2.45, 2.75) is 6.92 Å². The SMILES string of the molecule is CC1=CCP(=S)(Cl)C1. The Morgan fingerprint density at radius 3 is 2.62 bits per heavy atom. The molecule has 1 heterocycles. The number of rotatable bonds is 0. The Kier molecular flexibility index (Phi) is 1.81. The van der Waals surface area contributed by atoms with Crippen molar-refractivity contribution in [3.05, 3.63) is 11.6 Å². The first-order chi connectivity index (χ1) is 3.60. The summed E-state index contributed by atoms with van der Waals surface area (Å²) < 4.78 is 0. The first-order valence-corrected chi connectivity index (χ1v) is 6.61. The van der Waals surface area contributed by atoms with E-state index >= 15 is 0 Å². The van der Waals surface area contributed by atoms with E-state index in [0.717, 1.165) is 12.3 Å². The average Bonchev–Trinajstić information content (AvgIpc) is 1.82. The highest BCUT2D eigenvalue weighted by molar-refractivity contribution is 8.27. The van der Waals surface area contributed by atoms with Gasteiger partial charge in [0.15, 0.2) is 0 Å². The molecule has 8 heavy (non-hydrogen) atoms. The predicted octanol–water partition coefficient (Wildman–Crippen LogP) is 2.58. The summed E-state index contributed by atoms with van der Waals surface area (Å²) in [5.74, 6) is 0. The monoisotopic (exact) mass is 166 g/mol. The van der Waals surface area contributed by atoms with Gasteiger partial charge >= 0.3 is 0 Å². The van der Waals surface area contributed by atoms with Gasteiger partial charge in [0, 0.05) is 17.7 Å². The molecule has 0 N–H and O–H groups in total. The van der Waals surface area contributed by atoms with Gasteiger partial charge in [0.2, 0.25) is 0 Å². The molecule has 0 bridgehead atoms. The van der Waals surface area contributed by atoms with Gasteiger partial charge in [0.05, 0.1) is 0 Å². The highest BCUT2D eigenvalue weighted by Crippen LogP contribution is 2.56. The fraction of sp³-hybridized carbons (Fsp3) is 0.600. The molecule has 0 saturated heterocycles. The normalized spacial score (nSPS) is 37.5. The molecule has 3 heteroatoms. The van der Waals surface area contributed by atoms with E-state index in [-0.39, 0.29) is 0 Å². The molecule has 1 aliphatic rings. The Labute approximate surface area is 59.7 Å². The minimum atomic E-state index is -1.39. The van der Waals surface area contributed by atoms with Crippen LogP contribution < -0.4 is 0 Å². The molecular formula is C5H8ClPS. The summed E-state index contributed by atoms with van der Waals surface area (Å²) in [5, 5.41) is -1.39. The number of hydrogen-bond donors (Lipinski definition) is 0. The lowest BCUT2D eigenvalue weighted by atomic mass is 10.3. The Morgan fingerprint density at radius 1 is 1.88 bits per heavy atom. The molecule has 1 atom stereocenters. The van der Waals surface area contributed by atoms with Gasteiger partial charge < -0.3 is 0 Å². The van der Waals surface area contributed by atoms with E-state index in [1.165, 1.54) is 5.57 Å². The van der Waals surface area contributed by atoms with Crippen molar-refractivity contribution >= 4 is 28.4 Å². The smallest absolute Gasteiger partial charge is 0.0462 e. The maximum Gasteiger partial charge on any atom is 0.0462 e. The quantitative estimate of drug-likeness (QED) is 0.394. The standard InChI is InChI=1S/C5H8ClPS/c1-5-2-3-7(6,8)4-5/h2H,3-4H2,1H3. The van der Waals surface area contributed by atoms with E-state index in [9.17, 15) is 0 Å². The fourth-order valence-electron chi connectivity index (χ4n) is 0.794. The highest BCUT2D eigenvalue weighted by Gasteiger charge is 2.17. The third-order valence-corrected chi connectivity index (χ3v) is 4.50. The van der Waals surface area contributed by atoms with Crippen LogP contribution in [0, 0.1) is 0 Å². The molecule has 0 fully saturated rings. The molecule has 0 aromatic heterocycles. The Bertz CT molecular complexity index is 173. The number of allylic oxidation sites excluding steroid dienone is 2. The number of hydrogen-bond acceptors (Lipinski definition) is 1. The second kappa shape index (κ2) is 2.13. The molecule has 1 unspecified atom stereocenters. The van der Waals surface area contributed by atoms with Crippen LogP contribution in [0.4, 0.5) is 0 Å². The van der Waals surface area contributed by atoms with E-state index < -0.39 is 5.39 Å². The summed E-state index contributed by atoms with van der Waals surface area (Å²) in [5.41, 5.74) is 1.38. The van der Waals surface area contributed by atoms with Crippen molar-refractivity contribution in [1.82, 2.24) is 0 Å². The summed E-state index contributed by atoms with van der Waals surface area (Å²) in [6.07, 6.45) is 4.12. The van der Waals surface area contributed by atoms with Gasteiger partial charge in [-0.2, -0.15) is 0 Å². The lowest BCUT2D eigenvalue weighted by molar-refractivity contribution is 1.42. The number of halogens is 1. The molecular weight excluding hydrogens is 159 g/mol. The second-order valence-electron chi connectivity index (χ2n) is 2.18. The molecule has 0 radical (unpaired) electrons. The van der Waals surface area contributed by atoms with Crippen LogP contribution in [0.1, 0.15) is 6.92 Å². The lowest BCUT2D eigenvalue weighted by Gasteiger charge is -2.00. The maximum atomic E-state index is 5.94. The molecule has 0 amide bonds. The van der Waals surface area contributed by atoms with E-state index in [1.54, 1.807) is 0 Å². The van der Waals surface area contributed by atoms with Gasteiger partial charge in [-0.3, -0.25) is 0 Å². The molecule has 0 nitrogen and oxygen atoms in total. The van der Waals surface area contributed by atoms with Crippen LogP contribution >= 0.6 is 16.6 Å². The first-order valence-electron chi connectivity index (χ1n) is 2.53. The van der Waals surface area contributed by atoms with Crippen LogP contribution in [0.5, 0.6) is 0 Å². The Morgan fingerprint density at radius 2 is 2.50 bits per heavy atom. The zero-order chi connectivity index (χ0) is 6.20. The third kappa shape index (κ3) is 1.58. The molecule has 0 saturated carbocycles. The van der Waals surface area contributed by atoms with E-state index in [2.05, 4.69) is 13.0 Å². The summed E-state index contributed by atoms with van der Waals surface area (Å²) >= 11 is 11.0. The summed E-state index contributed by atoms with van der Waals surface area (Å²) in [4.78, 5) is 0. The van der Waals surface area contributed by atoms with E-state index in [1.807, 2.05) is 0 Å². The summed E-state index contributed by atoms with van der Waals surface area (Å²) in [7, 11) is 0. The van der Waals surface area contributed by atoms with Crippen LogP contribution in [0.2, 0.25) is 0 Å². The second-order valence-corrected chi connectivity index (χ2v) is 9.08. The minimum absolute atomic E-state index is 0.968.